The topological polar surface area (TPSA) is 50.8 Å². The Morgan fingerprint density at radius 3 is 2.44 bits per heavy atom. The van der Waals surface area contributed by atoms with Crippen LogP contribution in [0.2, 0.25) is 0 Å². The smallest absolute Gasteiger partial charge is 0.356 e. The average molecular weight is 386 g/mol. The number of likely N-dealkylation sites (N-methyl/N-ethyl adjacent to an activating group) is 1. The minimum absolute atomic E-state index is 0.334. The van der Waals surface area contributed by atoms with Gasteiger partial charge in [-0.15, -0.1) is 0 Å². The van der Waals surface area contributed by atoms with Gasteiger partial charge in [0.05, 0.1) is 24.7 Å². The molecule has 0 unspecified atom stereocenters. The fraction of sp³-hybridized carbons (Fsp3) is 0.333. The number of benzene rings is 2. The highest BCUT2D eigenvalue weighted by Gasteiger charge is 2.25. The SMILES string of the molecule is CCOP(=O)(C=C1NCCN(C)c2cc(-c3ccccc3)ccc21)OCC. The number of hydrogen-bond acceptors (Lipinski definition) is 5. The predicted octanol–water partition coefficient (Wildman–Crippen LogP) is 4.96. The van der Waals surface area contributed by atoms with Crippen LogP contribution in [-0.2, 0) is 13.6 Å². The van der Waals surface area contributed by atoms with Gasteiger partial charge in [-0.3, -0.25) is 4.57 Å². The molecule has 2 aromatic rings. The van der Waals surface area contributed by atoms with Crippen molar-refractivity contribution in [3.63, 3.8) is 0 Å². The third kappa shape index (κ3) is 4.62. The van der Waals surface area contributed by atoms with Gasteiger partial charge in [-0.1, -0.05) is 42.5 Å². The molecule has 27 heavy (non-hydrogen) atoms. The van der Waals surface area contributed by atoms with Crippen molar-refractivity contribution in [2.24, 2.45) is 0 Å². The molecule has 1 aliphatic heterocycles. The van der Waals surface area contributed by atoms with Crippen LogP contribution in [0, 0.1) is 0 Å². The summed E-state index contributed by atoms with van der Waals surface area (Å²) in [6.45, 7) is 5.89. The van der Waals surface area contributed by atoms with E-state index in [1.807, 2.05) is 32.0 Å². The standard InChI is InChI=1S/C21H27N2O3P/c1-4-25-27(24,26-5-2)16-20-19-12-11-18(17-9-7-6-8-10-17)15-21(19)23(3)14-13-22-20/h6-12,15-16,22H,4-5,13-14H2,1-3H3. The molecule has 1 N–H and O–H groups in total. The Morgan fingerprint density at radius 1 is 1.07 bits per heavy atom. The van der Waals surface area contributed by atoms with E-state index in [4.69, 9.17) is 9.05 Å². The summed E-state index contributed by atoms with van der Waals surface area (Å²) in [5, 5.41) is 3.39. The zero-order chi connectivity index (χ0) is 19.3. The molecule has 5 nitrogen and oxygen atoms in total. The molecule has 0 bridgehead atoms. The minimum atomic E-state index is -3.30. The van der Waals surface area contributed by atoms with Gasteiger partial charge in [0, 0.05) is 31.4 Å². The van der Waals surface area contributed by atoms with Gasteiger partial charge >= 0.3 is 7.60 Å². The van der Waals surface area contributed by atoms with Crippen molar-refractivity contribution in [1.29, 1.82) is 0 Å². The molecule has 0 atom stereocenters. The molecular formula is C21H27N2O3P. The minimum Gasteiger partial charge on any atom is -0.382 e. The van der Waals surface area contributed by atoms with Gasteiger partial charge in [-0.05, 0) is 31.0 Å². The van der Waals surface area contributed by atoms with Crippen molar-refractivity contribution in [2.75, 3.05) is 38.3 Å². The van der Waals surface area contributed by atoms with E-state index >= 15 is 0 Å². The van der Waals surface area contributed by atoms with E-state index in [1.165, 1.54) is 5.56 Å². The largest absolute Gasteiger partial charge is 0.382 e. The third-order valence-corrected chi connectivity index (χ3v) is 6.28. The summed E-state index contributed by atoms with van der Waals surface area (Å²) >= 11 is 0. The number of fused-ring (bicyclic) bond motifs is 1. The summed E-state index contributed by atoms with van der Waals surface area (Å²) in [5.74, 6) is 1.63. The Morgan fingerprint density at radius 2 is 1.78 bits per heavy atom. The van der Waals surface area contributed by atoms with Crippen molar-refractivity contribution in [3.05, 3.63) is 59.9 Å². The molecule has 0 amide bonds. The Kier molecular flexibility index (Phi) is 6.38. The normalized spacial score (nSPS) is 16.0. The number of nitrogens with zero attached hydrogens (tertiary/aromatic N) is 1. The summed E-state index contributed by atoms with van der Waals surface area (Å²) in [5.41, 5.74) is 5.20. The summed E-state index contributed by atoms with van der Waals surface area (Å²) in [6.07, 6.45) is 0. The van der Waals surface area contributed by atoms with E-state index in [0.717, 1.165) is 35.6 Å². The van der Waals surface area contributed by atoms with Crippen LogP contribution < -0.4 is 10.2 Å². The van der Waals surface area contributed by atoms with Gasteiger partial charge in [-0.25, -0.2) is 0 Å². The molecule has 0 radical (unpaired) electrons. The monoisotopic (exact) mass is 386 g/mol. The maximum Gasteiger partial charge on any atom is 0.356 e. The first-order chi connectivity index (χ1) is 13.1. The van der Waals surface area contributed by atoms with E-state index < -0.39 is 7.60 Å². The van der Waals surface area contributed by atoms with Crippen LogP contribution in [0.3, 0.4) is 0 Å². The van der Waals surface area contributed by atoms with E-state index in [-0.39, 0.29) is 0 Å². The van der Waals surface area contributed by atoms with Crippen LogP contribution in [0.5, 0.6) is 0 Å². The first kappa shape index (κ1) is 19.7. The van der Waals surface area contributed by atoms with E-state index in [2.05, 4.69) is 47.6 Å². The fourth-order valence-electron chi connectivity index (χ4n) is 3.20. The Balaban J connectivity index is 2.06. The van der Waals surface area contributed by atoms with Gasteiger partial charge in [0.1, 0.15) is 0 Å². The van der Waals surface area contributed by atoms with Crippen molar-refractivity contribution < 1.29 is 13.6 Å². The summed E-state index contributed by atoms with van der Waals surface area (Å²) < 4.78 is 23.9. The second kappa shape index (κ2) is 8.75. The molecule has 0 fully saturated rings. The van der Waals surface area contributed by atoms with Crippen LogP contribution in [0.15, 0.2) is 54.3 Å². The van der Waals surface area contributed by atoms with Crippen molar-refractivity contribution in [1.82, 2.24) is 5.32 Å². The second-order valence-corrected chi connectivity index (χ2v) is 8.22. The molecule has 0 saturated carbocycles. The molecule has 0 spiro atoms. The second-order valence-electron chi connectivity index (χ2n) is 6.36. The molecule has 144 valence electrons. The molecule has 1 heterocycles. The molecule has 0 saturated heterocycles. The Hall–Kier alpha value is -2.07. The van der Waals surface area contributed by atoms with Crippen molar-refractivity contribution in [2.45, 2.75) is 13.8 Å². The number of nitrogens with one attached hydrogen (secondary N) is 1. The maximum absolute atomic E-state index is 13.0. The van der Waals surface area contributed by atoms with Gasteiger partial charge in [-0.2, -0.15) is 0 Å². The lowest BCUT2D eigenvalue weighted by Crippen LogP contribution is -2.24. The van der Waals surface area contributed by atoms with Crippen LogP contribution in [0.4, 0.5) is 5.69 Å². The zero-order valence-electron chi connectivity index (χ0n) is 16.1. The van der Waals surface area contributed by atoms with E-state index in [1.54, 1.807) is 5.82 Å². The predicted molar refractivity (Wildman–Crippen MR) is 112 cm³/mol. The lowest BCUT2D eigenvalue weighted by Gasteiger charge is -2.20. The van der Waals surface area contributed by atoms with Gasteiger partial charge < -0.3 is 19.3 Å². The zero-order valence-corrected chi connectivity index (χ0v) is 17.0. The van der Waals surface area contributed by atoms with Crippen LogP contribution >= 0.6 is 7.60 Å². The Bertz CT molecular complexity index is 842. The van der Waals surface area contributed by atoms with E-state index in [0.29, 0.717) is 13.2 Å². The fourth-order valence-corrected chi connectivity index (χ4v) is 4.69. The van der Waals surface area contributed by atoms with Crippen molar-refractivity contribution in [3.8, 4) is 11.1 Å². The van der Waals surface area contributed by atoms with Crippen LogP contribution in [0.25, 0.3) is 16.8 Å². The highest BCUT2D eigenvalue weighted by Crippen LogP contribution is 2.52. The highest BCUT2D eigenvalue weighted by molar-refractivity contribution is 7.57. The Labute approximate surface area is 161 Å². The average Bonchev–Trinajstić information content (AvgIpc) is 2.82. The van der Waals surface area contributed by atoms with Gasteiger partial charge in [0.2, 0.25) is 0 Å². The van der Waals surface area contributed by atoms with Gasteiger partial charge in [0.25, 0.3) is 0 Å². The molecule has 2 aromatic carbocycles. The van der Waals surface area contributed by atoms with Crippen LogP contribution in [0.1, 0.15) is 19.4 Å². The highest BCUT2D eigenvalue weighted by atomic mass is 31.2. The lowest BCUT2D eigenvalue weighted by molar-refractivity contribution is 0.229. The van der Waals surface area contributed by atoms with Crippen molar-refractivity contribution >= 4 is 19.0 Å². The quantitative estimate of drug-likeness (QED) is 0.712. The summed E-state index contributed by atoms with van der Waals surface area (Å²) in [7, 11) is -1.22. The molecular weight excluding hydrogens is 359 g/mol. The van der Waals surface area contributed by atoms with E-state index in [9.17, 15) is 4.57 Å². The molecule has 0 aromatic heterocycles. The van der Waals surface area contributed by atoms with Gasteiger partial charge in [0.15, 0.2) is 0 Å². The number of hydrogen-bond donors (Lipinski definition) is 1. The summed E-state index contributed by atoms with van der Waals surface area (Å²) in [6, 6.07) is 16.6. The molecule has 1 aliphatic rings. The van der Waals surface area contributed by atoms with Crippen LogP contribution in [-0.4, -0.2) is 33.4 Å². The summed E-state index contributed by atoms with van der Waals surface area (Å²) in [4.78, 5) is 2.21. The number of anilines is 1. The molecule has 6 heteroatoms. The molecule has 3 rings (SSSR count). The molecule has 0 aliphatic carbocycles. The lowest BCUT2D eigenvalue weighted by atomic mass is 10.0. The first-order valence-corrected chi connectivity index (χ1v) is 10.9. The maximum atomic E-state index is 13.0. The third-order valence-electron chi connectivity index (χ3n) is 4.47. The number of rotatable bonds is 6. The first-order valence-electron chi connectivity index (χ1n) is 9.33.